The van der Waals surface area contributed by atoms with Crippen LogP contribution in [0.2, 0.25) is 34.9 Å². The Kier molecular flexibility index (Phi) is 42.0. The smallest absolute Gasteiger partial charge is 0.526 e. The van der Waals surface area contributed by atoms with Gasteiger partial charge in [-0.25, -0.2) is 0 Å². The fourth-order valence-electron chi connectivity index (χ4n) is 21.4. The summed E-state index contributed by atoms with van der Waals surface area (Å²) in [6.45, 7) is 20.3. The van der Waals surface area contributed by atoms with Gasteiger partial charge in [0.05, 0.1) is 85.3 Å². The van der Waals surface area contributed by atoms with Crippen LogP contribution in [0.5, 0.6) is 34.5 Å². The lowest BCUT2D eigenvalue weighted by atomic mass is 9.64. The van der Waals surface area contributed by atoms with E-state index >= 15 is 0 Å². The fraction of sp³-hybridized carbons (Fsp3) is 0.533. The van der Waals surface area contributed by atoms with Crippen LogP contribution < -0.4 is 61.1 Å². The molecule has 0 radical (unpaired) electrons. The fourth-order valence-corrected chi connectivity index (χ4v) is 21.4. The Bertz CT molecular complexity index is 5630. The number of piperidine rings is 3. The molecule has 18 rings (SSSR count). The van der Waals surface area contributed by atoms with Crippen molar-refractivity contribution in [1.29, 1.82) is 0 Å². The van der Waals surface area contributed by atoms with Crippen LogP contribution in [-0.4, -0.2) is 332 Å². The van der Waals surface area contributed by atoms with Crippen LogP contribution in [0.4, 0.5) is 0 Å². The monoisotopic (exact) mass is 2040 g/mol. The molecule has 0 aromatic heterocycles. The average molecular weight is 2040 g/mol. The number of nitrogens with two attached hydrogens (primary N) is 3. The van der Waals surface area contributed by atoms with Crippen LogP contribution in [-0.2, 0) is 72.1 Å². The summed E-state index contributed by atoms with van der Waals surface area (Å²) in [5, 5.41) is 80.6. The Morgan fingerprint density at radius 2 is 0.608 bits per heavy atom. The van der Waals surface area contributed by atoms with E-state index in [-0.39, 0.29) is 186 Å². The van der Waals surface area contributed by atoms with Gasteiger partial charge >= 0.3 is 42.7 Å². The number of aliphatic hydroxyl groups excluding tert-OH is 1. The molecule has 790 valence electrons. The number of piperazine rings is 1. The lowest BCUT2D eigenvalue weighted by Crippen LogP contribution is -2.50. The van der Waals surface area contributed by atoms with Gasteiger partial charge in [0.1, 0.15) is 63.4 Å². The van der Waals surface area contributed by atoms with E-state index in [1.165, 1.54) is 46.4 Å². The van der Waals surface area contributed by atoms with Crippen molar-refractivity contribution in [3.05, 3.63) is 176 Å². The van der Waals surface area contributed by atoms with Crippen LogP contribution in [0.15, 0.2) is 109 Å². The number of benzene rings is 6. The Hall–Kier alpha value is -10.7. The molecule has 1 amide bonds. The van der Waals surface area contributed by atoms with E-state index in [0.717, 1.165) is 137 Å². The summed E-state index contributed by atoms with van der Waals surface area (Å²) in [6.07, 6.45) is 11.7. The Morgan fingerprint density at radius 3 is 0.872 bits per heavy atom. The third-order valence-corrected chi connectivity index (χ3v) is 29.3. The summed E-state index contributed by atoms with van der Waals surface area (Å²) in [5.74, 6) is 0.399. The SMILES string of the molecule is CC(=O)c1cccc2c1OB(O)[C@@H](CC(=O)CN1CCC(O)CC1)C2.CC(=O)c1cccc2c1OB(O)[C@@H](CC(=O)CN1CCC[C@@H](N)C1)C2.CC(=O)c1cccc2c1OB(O)[C@@H](CC(=O)CN1CCC[C@H](N)C1)C2.CC(=O)c1cccc2c1OB(O)[C@@H](CC(=O)CN1CCNCC1=O)C2.CC(=O)c1cccc2c1OB(O)[C@@H](CC(=O)CN1CC[C@H](N)C1)C2.CC(=O)c1cccc2c1OB(O)[C@@H](CC(=O)CN[C@@H]1CCNC1)C2. The molecule has 6 aromatic rings. The number of hydrogen-bond donors (Lipinski definition) is 13. The third kappa shape index (κ3) is 32.2. The molecule has 0 aliphatic carbocycles. The van der Waals surface area contributed by atoms with Crippen molar-refractivity contribution < 1.29 is 126 Å². The summed E-state index contributed by atoms with van der Waals surface area (Å²) < 4.78 is 33.4. The first-order chi connectivity index (χ1) is 70.7. The number of nitrogens with zero attached hydrogens (tertiary/aromatic N) is 5. The molecule has 6 saturated heterocycles. The molecule has 148 heavy (non-hydrogen) atoms. The lowest BCUT2D eigenvalue weighted by Gasteiger charge is -2.31. The lowest BCUT2D eigenvalue weighted by molar-refractivity contribution is -0.136. The molecule has 12 aliphatic heterocycles. The summed E-state index contributed by atoms with van der Waals surface area (Å²) in [4.78, 5) is 166. The number of likely N-dealkylation sites (tertiary alicyclic amines) is 4. The van der Waals surface area contributed by atoms with Crippen LogP contribution in [0.1, 0.15) is 227 Å². The maximum absolute atomic E-state index is 12.4. The molecule has 10 atom stereocenters. The molecule has 6 aromatic carbocycles. The van der Waals surface area contributed by atoms with Gasteiger partial charge in [-0.15, -0.1) is 0 Å². The number of carbonyl (C=O) groups excluding carboxylic acids is 13. The first-order valence-electron chi connectivity index (χ1n) is 52.0. The Labute approximate surface area is 866 Å². The summed E-state index contributed by atoms with van der Waals surface area (Å²) in [5.41, 5.74) is 25.7. The minimum atomic E-state index is -1.14. The van der Waals surface area contributed by atoms with Gasteiger partial charge in [-0.3, -0.25) is 81.9 Å². The summed E-state index contributed by atoms with van der Waals surface area (Å²) in [6, 6.07) is 32.9. The highest BCUT2D eigenvalue weighted by molar-refractivity contribution is 6.49. The molecule has 12 heterocycles. The largest absolute Gasteiger partial charge is 0.535 e. The van der Waals surface area contributed by atoms with E-state index in [4.69, 9.17) is 45.1 Å². The molecule has 6 fully saturated rings. The summed E-state index contributed by atoms with van der Waals surface area (Å²) in [7, 11) is -6.49. The topological polar surface area (TPSA) is 549 Å². The summed E-state index contributed by atoms with van der Waals surface area (Å²) >= 11 is 0. The van der Waals surface area contributed by atoms with E-state index in [9.17, 15) is 97.6 Å². The van der Waals surface area contributed by atoms with Crippen molar-refractivity contribution in [2.24, 2.45) is 17.2 Å². The molecule has 0 bridgehead atoms. The van der Waals surface area contributed by atoms with Gasteiger partial charge in [0, 0.05) is 156 Å². The number of amides is 1. The van der Waals surface area contributed by atoms with Crippen LogP contribution >= 0.6 is 0 Å². The standard InChI is InChI=1S/2C18H25BN2O4.C18H24BNO5.C17H21BN2O5.2C17H23BN2O4/c2*1-12(22)17-6-2-4-13-8-14(19(24)25-18(13)17)9-16(23)11-21-7-3-5-15(20)10-21;1-12(21)17-4-2-3-13-9-14(19(24)25-18(13)17)10-16(23)11-20-7-5-15(22)6-8-20;1-11(21)15-4-2-3-12-7-13(18(24)25-17(12)15)8-14(22)10-20-6-5-19-9-16(20)23;1-11(21)16-4-2-3-12-7-13(18(23)24-17(12)16)8-15(22)10-20-6-5-14(19)9-20;1-11(21)16-4-2-3-12-7-13(18(23)24-17(12)16)8-15(22)10-20-14-5-6-19-9-14/h2*2,4,6,14-15,24H,3,5,7-11,20H2,1H3;2-4,14-15,22,24H,5-11H2,1H3;2-4,13,19,24H,5-10H2,1H3;2-4,13-14,23H,5-10,19H2,1H3;2-4,13-14,19-20,23H,5-10H2,1H3/t14-,15+;14-,15-;14-;13-;13-,14+;13-,14-/m111111/s1. The molecular formula is C105H141B6N11O26. The van der Waals surface area contributed by atoms with Crippen molar-refractivity contribution >= 4 is 118 Å². The molecule has 0 unspecified atom stereocenters. The Balaban J connectivity index is 0.000000148. The second-order valence-corrected chi connectivity index (χ2v) is 41.5. The maximum atomic E-state index is 12.4. The minimum Gasteiger partial charge on any atom is -0.535 e. The highest BCUT2D eigenvalue weighted by Crippen LogP contribution is 2.44. The highest BCUT2D eigenvalue weighted by atomic mass is 16.5. The Morgan fingerprint density at radius 1 is 0.338 bits per heavy atom. The van der Waals surface area contributed by atoms with E-state index in [1.54, 1.807) is 54.6 Å². The van der Waals surface area contributed by atoms with Crippen LogP contribution in [0.25, 0.3) is 0 Å². The number of nitrogens with one attached hydrogen (secondary N) is 3. The molecular weight excluding hydrogens is 1900 g/mol. The number of rotatable bonds is 31. The van der Waals surface area contributed by atoms with Crippen molar-refractivity contribution in [3.63, 3.8) is 0 Å². The number of ketones is 12. The van der Waals surface area contributed by atoms with Gasteiger partial charge in [0.25, 0.3) is 0 Å². The van der Waals surface area contributed by atoms with Crippen LogP contribution in [0, 0.1) is 0 Å². The van der Waals surface area contributed by atoms with Crippen molar-refractivity contribution in [2.45, 2.75) is 235 Å². The van der Waals surface area contributed by atoms with Crippen molar-refractivity contribution in [2.75, 3.05) is 124 Å². The average Bonchev–Trinajstić information content (AvgIpc) is 0.868. The number of para-hydroxylation sites is 6. The van der Waals surface area contributed by atoms with Crippen molar-refractivity contribution in [1.82, 2.24) is 40.4 Å². The molecule has 0 saturated carbocycles. The maximum Gasteiger partial charge on any atom is 0.526 e. The number of hydrogen-bond acceptors (Lipinski definition) is 36. The molecule has 43 heteroatoms. The first-order valence-corrected chi connectivity index (χ1v) is 52.0. The van der Waals surface area contributed by atoms with Gasteiger partial charge in [-0.05, 0) is 221 Å². The number of carbonyl (C=O) groups is 13. The normalized spacial score (nSPS) is 22.6. The van der Waals surface area contributed by atoms with Gasteiger partial charge in [-0.1, -0.05) is 72.8 Å². The number of fused-ring (bicyclic) bond motifs is 6. The highest BCUT2D eigenvalue weighted by Gasteiger charge is 2.46. The predicted molar refractivity (Wildman–Crippen MR) is 559 cm³/mol. The van der Waals surface area contributed by atoms with Crippen molar-refractivity contribution in [3.8, 4) is 34.5 Å². The van der Waals surface area contributed by atoms with Gasteiger partial charge < -0.3 is 101 Å². The first kappa shape index (κ1) is 114. The van der Waals surface area contributed by atoms with Gasteiger partial charge in [0.2, 0.25) is 5.91 Å². The predicted octanol–water partition coefficient (Wildman–Crippen LogP) is 4.52. The number of aliphatic hydroxyl groups is 1. The van der Waals surface area contributed by atoms with E-state index in [2.05, 4.69) is 30.7 Å². The van der Waals surface area contributed by atoms with Gasteiger partial charge in [0.15, 0.2) is 40.5 Å². The molecule has 12 aliphatic rings. The van der Waals surface area contributed by atoms with E-state index in [0.29, 0.717) is 171 Å². The quantitative estimate of drug-likeness (QED) is 0.0210. The van der Waals surface area contributed by atoms with E-state index in [1.807, 2.05) is 59.5 Å². The second kappa shape index (κ2) is 54.4. The zero-order valence-corrected chi connectivity index (χ0v) is 85.6. The number of Topliss-reactive ketones (excluding diaryl/α,β-unsaturated/α-hetero) is 12. The molecule has 16 N–H and O–H groups in total. The van der Waals surface area contributed by atoms with Crippen LogP contribution in [0.3, 0.4) is 0 Å². The molecule has 0 spiro atoms. The minimum absolute atomic E-state index is 0.0596. The molecule has 37 nitrogen and oxygen atoms in total. The zero-order chi connectivity index (χ0) is 106. The third-order valence-electron chi connectivity index (χ3n) is 29.3. The zero-order valence-electron chi connectivity index (χ0n) is 85.6. The van der Waals surface area contributed by atoms with E-state index < -0.39 is 42.7 Å². The second-order valence-electron chi connectivity index (χ2n) is 41.5. The van der Waals surface area contributed by atoms with Gasteiger partial charge in [-0.2, -0.15) is 0 Å².